The first-order valence-electron chi connectivity index (χ1n) is 11.3. The van der Waals surface area contributed by atoms with Crippen molar-refractivity contribution in [3.8, 4) is 17.2 Å². The number of ether oxygens (including phenoxy) is 3. The van der Waals surface area contributed by atoms with Gasteiger partial charge in [0, 0.05) is 35.7 Å². The molecule has 1 heterocycles. The fraction of sp³-hybridized carbons (Fsp3) is 0.143. The van der Waals surface area contributed by atoms with E-state index in [9.17, 15) is 4.79 Å². The number of aromatic nitrogens is 1. The lowest BCUT2D eigenvalue weighted by molar-refractivity contribution is 0.0706. The predicted octanol–water partition coefficient (Wildman–Crippen LogP) is 4.95. The maximum Gasteiger partial charge on any atom is 0.274 e. The Kier molecular flexibility index (Phi) is 8.00. The molecule has 3 aromatic carbocycles. The van der Waals surface area contributed by atoms with Gasteiger partial charge in [0.05, 0.1) is 31.6 Å². The molecule has 0 atom stereocenters. The molecule has 0 fully saturated rings. The van der Waals surface area contributed by atoms with Gasteiger partial charge in [-0.05, 0) is 35.4 Å². The van der Waals surface area contributed by atoms with Gasteiger partial charge in [0.15, 0.2) is 0 Å². The molecule has 0 radical (unpaired) electrons. The number of amides is 1. The third-order valence-corrected chi connectivity index (χ3v) is 5.50. The molecule has 0 unspecified atom stereocenters. The average molecular weight is 486 g/mol. The molecule has 1 amide bonds. The third kappa shape index (κ3) is 6.31. The van der Waals surface area contributed by atoms with Gasteiger partial charge in [-0.15, -0.1) is 0 Å². The van der Waals surface area contributed by atoms with E-state index in [4.69, 9.17) is 19.4 Å². The summed E-state index contributed by atoms with van der Waals surface area (Å²) in [6.07, 6.45) is 3.79. The van der Waals surface area contributed by atoms with Gasteiger partial charge in [-0.25, -0.2) is 5.48 Å². The quantitative estimate of drug-likeness (QED) is 0.216. The standard InChI is InChI=1S/C28H27N3O5/c1-34-24-13-25(35-2)15-26(14-24)36-18-20(11-19-7-9-21(10-8-19)28(32)31-33)16-29-23-12-22-5-3-4-6-27(22)30-17-23/h3-15,17,29,33H,16,18H2,1-2H3,(H,31,32)/b20-11-. The molecule has 0 spiro atoms. The summed E-state index contributed by atoms with van der Waals surface area (Å²) in [5.74, 6) is 1.31. The predicted molar refractivity (Wildman–Crippen MR) is 139 cm³/mol. The van der Waals surface area contributed by atoms with Crippen molar-refractivity contribution in [1.29, 1.82) is 0 Å². The van der Waals surface area contributed by atoms with E-state index >= 15 is 0 Å². The highest BCUT2D eigenvalue weighted by Gasteiger charge is 2.08. The molecule has 0 aliphatic rings. The van der Waals surface area contributed by atoms with Gasteiger partial charge < -0.3 is 19.5 Å². The number of rotatable bonds is 10. The Morgan fingerprint density at radius 1 is 0.944 bits per heavy atom. The number of methoxy groups -OCH3 is 2. The molecule has 184 valence electrons. The summed E-state index contributed by atoms with van der Waals surface area (Å²) >= 11 is 0. The van der Waals surface area contributed by atoms with Crippen LogP contribution in [0.2, 0.25) is 0 Å². The van der Waals surface area contributed by atoms with Crippen molar-refractivity contribution in [3.05, 3.63) is 95.7 Å². The van der Waals surface area contributed by atoms with E-state index in [1.165, 1.54) is 0 Å². The summed E-state index contributed by atoms with van der Waals surface area (Å²) in [6.45, 7) is 0.795. The number of nitrogens with zero attached hydrogens (tertiary/aromatic N) is 1. The summed E-state index contributed by atoms with van der Waals surface area (Å²) in [5, 5.41) is 13.3. The molecule has 0 saturated heterocycles. The van der Waals surface area contributed by atoms with Crippen molar-refractivity contribution in [2.24, 2.45) is 0 Å². The molecule has 0 saturated carbocycles. The Labute approximate surface area is 209 Å². The molecule has 0 aliphatic carbocycles. The van der Waals surface area contributed by atoms with E-state index in [-0.39, 0.29) is 0 Å². The van der Waals surface area contributed by atoms with Crippen molar-refractivity contribution in [2.75, 3.05) is 32.7 Å². The van der Waals surface area contributed by atoms with Crippen LogP contribution in [0.5, 0.6) is 17.2 Å². The Hall–Kier alpha value is -4.56. The third-order valence-electron chi connectivity index (χ3n) is 5.50. The maximum atomic E-state index is 11.6. The van der Waals surface area contributed by atoms with Gasteiger partial charge in [0.25, 0.3) is 5.91 Å². The molecule has 0 aliphatic heterocycles. The number of carbonyl (C=O) groups excluding carboxylic acids is 1. The van der Waals surface area contributed by atoms with Crippen LogP contribution in [-0.4, -0.2) is 43.5 Å². The number of para-hydroxylation sites is 1. The zero-order chi connectivity index (χ0) is 25.3. The first-order chi connectivity index (χ1) is 17.6. The van der Waals surface area contributed by atoms with Crippen LogP contribution in [-0.2, 0) is 0 Å². The highest BCUT2D eigenvalue weighted by Crippen LogP contribution is 2.28. The van der Waals surface area contributed by atoms with Crippen molar-refractivity contribution in [2.45, 2.75) is 0 Å². The zero-order valence-corrected chi connectivity index (χ0v) is 20.0. The van der Waals surface area contributed by atoms with Gasteiger partial charge in [0.2, 0.25) is 0 Å². The molecule has 8 nitrogen and oxygen atoms in total. The minimum absolute atomic E-state index is 0.295. The van der Waals surface area contributed by atoms with E-state index in [2.05, 4.69) is 16.4 Å². The van der Waals surface area contributed by atoms with Crippen LogP contribution >= 0.6 is 0 Å². The van der Waals surface area contributed by atoms with E-state index in [0.29, 0.717) is 36.0 Å². The second-order valence-electron chi connectivity index (χ2n) is 7.97. The molecule has 0 bridgehead atoms. The summed E-state index contributed by atoms with van der Waals surface area (Å²) in [5.41, 5.74) is 5.64. The smallest absolute Gasteiger partial charge is 0.274 e. The van der Waals surface area contributed by atoms with Crippen molar-refractivity contribution >= 4 is 28.6 Å². The van der Waals surface area contributed by atoms with Gasteiger partial charge in [0.1, 0.15) is 23.9 Å². The van der Waals surface area contributed by atoms with Crippen LogP contribution < -0.4 is 25.0 Å². The SMILES string of the molecule is COc1cc(OC)cc(OC/C(=C\c2ccc(C(=O)NO)cc2)CNc2cnc3ccccc3c2)c1. The summed E-state index contributed by atoms with van der Waals surface area (Å²) < 4.78 is 16.8. The summed E-state index contributed by atoms with van der Waals surface area (Å²) in [6, 6.07) is 22.2. The Morgan fingerprint density at radius 3 is 2.33 bits per heavy atom. The number of hydrogen-bond acceptors (Lipinski definition) is 7. The number of hydrogen-bond donors (Lipinski definition) is 3. The van der Waals surface area contributed by atoms with Gasteiger partial charge in [-0.3, -0.25) is 15.0 Å². The normalized spacial score (nSPS) is 11.1. The molecule has 36 heavy (non-hydrogen) atoms. The molecular weight excluding hydrogens is 458 g/mol. The van der Waals surface area contributed by atoms with Gasteiger partial charge >= 0.3 is 0 Å². The number of fused-ring (bicyclic) bond motifs is 1. The molecule has 4 aromatic rings. The van der Waals surface area contributed by atoms with Crippen LogP contribution in [0, 0.1) is 0 Å². The lowest BCUT2D eigenvalue weighted by atomic mass is 10.1. The zero-order valence-electron chi connectivity index (χ0n) is 20.0. The topological polar surface area (TPSA) is 102 Å². The van der Waals surface area contributed by atoms with E-state index in [0.717, 1.165) is 27.7 Å². The largest absolute Gasteiger partial charge is 0.496 e. The number of nitrogens with one attached hydrogen (secondary N) is 2. The van der Waals surface area contributed by atoms with Crippen LogP contribution in [0.3, 0.4) is 0 Å². The minimum atomic E-state index is -0.563. The maximum absolute atomic E-state index is 11.6. The van der Waals surface area contributed by atoms with Crippen LogP contribution in [0.1, 0.15) is 15.9 Å². The van der Waals surface area contributed by atoms with Crippen molar-refractivity contribution in [3.63, 3.8) is 0 Å². The Bertz CT molecular complexity index is 1350. The first-order valence-corrected chi connectivity index (χ1v) is 11.3. The van der Waals surface area contributed by atoms with E-state index in [1.807, 2.05) is 30.3 Å². The van der Waals surface area contributed by atoms with Gasteiger partial charge in [-0.1, -0.05) is 36.4 Å². The fourth-order valence-corrected chi connectivity index (χ4v) is 3.60. The van der Waals surface area contributed by atoms with E-state index < -0.39 is 5.91 Å². The van der Waals surface area contributed by atoms with Gasteiger partial charge in [-0.2, -0.15) is 0 Å². The second-order valence-corrected chi connectivity index (χ2v) is 7.97. The lowest BCUT2D eigenvalue weighted by Crippen LogP contribution is -2.18. The minimum Gasteiger partial charge on any atom is -0.496 e. The van der Waals surface area contributed by atoms with E-state index in [1.54, 1.807) is 68.4 Å². The number of pyridine rings is 1. The van der Waals surface area contributed by atoms with Crippen LogP contribution in [0.25, 0.3) is 17.0 Å². The molecule has 1 aromatic heterocycles. The summed E-state index contributed by atoms with van der Waals surface area (Å²) in [4.78, 5) is 16.1. The molecular formula is C28H27N3O5. The summed E-state index contributed by atoms with van der Waals surface area (Å²) in [7, 11) is 3.18. The van der Waals surface area contributed by atoms with Crippen molar-refractivity contribution in [1.82, 2.24) is 10.5 Å². The monoisotopic (exact) mass is 485 g/mol. The first kappa shape index (κ1) is 24.6. The van der Waals surface area contributed by atoms with Crippen molar-refractivity contribution < 1.29 is 24.2 Å². The number of anilines is 1. The number of hydroxylamine groups is 1. The second kappa shape index (κ2) is 11.7. The fourth-order valence-electron chi connectivity index (χ4n) is 3.60. The lowest BCUT2D eigenvalue weighted by Gasteiger charge is -2.14. The molecule has 8 heteroatoms. The Morgan fingerprint density at radius 2 is 1.64 bits per heavy atom. The number of carbonyl (C=O) groups is 1. The average Bonchev–Trinajstić information content (AvgIpc) is 2.94. The highest BCUT2D eigenvalue weighted by atomic mass is 16.5. The molecule has 3 N–H and O–H groups in total. The molecule has 4 rings (SSSR count). The van der Waals surface area contributed by atoms with Crippen LogP contribution in [0.4, 0.5) is 5.69 Å². The highest BCUT2D eigenvalue weighted by molar-refractivity contribution is 5.93. The Balaban J connectivity index is 1.55. The van der Waals surface area contributed by atoms with Crippen LogP contribution in [0.15, 0.2) is 84.6 Å². The number of benzene rings is 3.